The molecule has 1 aliphatic rings. The van der Waals surface area contributed by atoms with Gasteiger partial charge in [0.15, 0.2) is 0 Å². The number of nitriles is 1. The maximum absolute atomic E-state index is 12.3. The number of carbonyl (C=O) groups excluding carboxylic acids is 2. The van der Waals surface area contributed by atoms with Crippen molar-refractivity contribution in [2.75, 3.05) is 32.1 Å². The summed E-state index contributed by atoms with van der Waals surface area (Å²) in [5.74, 6) is -0.239. The number of ether oxygens (including phenoxy) is 1. The lowest BCUT2D eigenvalue weighted by Gasteiger charge is -2.24. The third kappa shape index (κ3) is 5.97. The molecule has 2 heterocycles. The number of fused-ring (bicyclic) bond motifs is 1. The first-order valence-electron chi connectivity index (χ1n) is 10.1. The second-order valence-corrected chi connectivity index (χ2v) is 8.71. The fourth-order valence-corrected chi connectivity index (χ4v) is 4.76. The molecule has 32 heavy (non-hydrogen) atoms. The van der Waals surface area contributed by atoms with Gasteiger partial charge < -0.3 is 29.6 Å². The highest BCUT2D eigenvalue weighted by molar-refractivity contribution is 7.16. The van der Waals surface area contributed by atoms with Crippen LogP contribution in [0.1, 0.15) is 28.0 Å². The molecule has 0 spiro atoms. The van der Waals surface area contributed by atoms with Crippen LogP contribution >= 0.6 is 11.3 Å². The third-order valence-corrected chi connectivity index (χ3v) is 6.31. The summed E-state index contributed by atoms with van der Waals surface area (Å²) in [6, 6.07) is 3.93. The molecule has 2 aromatic rings. The Bertz CT molecular complexity index is 1010. The first kappa shape index (κ1) is 23.5. The van der Waals surface area contributed by atoms with Crippen molar-refractivity contribution in [1.29, 1.82) is 5.26 Å². The number of thiophene rings is 1. The molecule has 3 rings (SSSR count). The van der Waals surface area contributed by atoms with Gasteiger partial charge in [-0.05, 0) is 42.9 Å². The number of hydrogen-bond donors (Lipinski definition) is 3. The molecule has 0 saturated carbocycles. The Morgan fingerprint density at radius 2 is 2.34 bits per heavy atom. The zero-order chi connectivity index (χ0) is 23.1. The number of rotatable bonds is 8. The molecule has 0 saturated heterocycles. The largest absolute Gasteiger partial charge is 0.472 e. The van der Waals surface area contributed by atoms with Crippen LogP contribution in [0.25, 0.3) is 6.08 Å². The second-order valence-electron chi connectivity index (χ2n) is 7.60. The van der Waals surface area contributed by atoms with E-state index in [0.717, 1.165) is 22.4 Å². The lowest BCUT2D eigenvalue weighted by molar-refractivity contribution is -0.111. The van der Waals surface area contributed by atoms with Crippen LogP contribution in [0.2, 0.25) is 0 Å². The van der Waals surface area contributed by atoms with Gasteiger partial charge in [-0.2, -0.15) is 5.26 Å². The van der Waals surface area contributed by atoms with Crippen LogP contribution < -0.4 is 5.32 Å². The first-order chi connectivity index (χ1) is 15.4. The van der Waals surface area contributed by atoms with E-state index in [1.54, 1.807) is 12.1 Å². The normalized spacial score (nSPS) is 16.2. The van der Waals surface area contributed by atoms with Crippen molar-refractivity contribution < 1.29 is 29.0 Å². The molecular formula is C22H25N3O6S. The number of aliphatic hydroxyl groups excluding tert-OH is 2. The maximum atomic E-state index is 12.3. The Labute approximate surface area is 189 Å². The van der Waals surface area contributed by atoms with Gasteiger partial charge in [-0.15, -0.1) is 11.3 Å². The maximum Gasteiger partial charge on any atom is 0.409 e. The molecule has 170 valence electrons. The zero-order valence-corrected chi connectivity index (χ0v) is 18.4. The smallest absolute Gasteiger partial charge is 0.409 e. The lowest BCUT2D eigenvalue weighted by atomic mass is 9.88. The quantitative estimate of drug-likeness (QED) is 0.516. The molecule has 10 heteroatoms. The number of nitrogens with one attached hydrogen (secondary N) is 1. The van der Waals surface area contributed by atoms with Crippen molar-refractivity contribution in [2.45, 2.75) is 25.4 Å². The van der Waals surface area contributed by atoms with E-state index in [9.17, 15) is 20.0 Å². The highest BCUT2D eigenvalue weighted by atomic mass is 32.1. The molecule has 2 atom stereocenters. The number of furan rings is 1. The monoisotopic (exact) mass is 459 g/mol. The van der Waals surface area contributed by atoms with Crippen molar-refractivity contribution in [1.82, 2.24) is 4.90 Å². The van der Waals surface area contributed by atoms with Crippen molar-refractivity contribution in [3.63, 3.8) is 0 Å². The summed E-state index contributed by atoms with van der Waals surface area (Å²) >= 11 is 1.38. The van der Waals surface area contributed by atoms with Gasteiger partial charge in [-0.25, -0.2) is 4.79 Å². The number of amides is 2. The predicted octanol–water partition coefficient (Wildman–Crippen LogP) is 2.39. The fourth-order valence-electron chi connectivity index (χ4n) is 3.45. The second kappa shape index (κ2) is 10.9. The van der Waals surface area contributed by atoms with Crippen LogP contribution in [0.3, 0.4) is 0 Å². The van der Waals surface area contributed by atoms with E-state index in [1.807, 2.05) is 0 Å². The van der Waals surface area contributed by atoms with Gasteiger partial charge in [0.1, 0.15) is 11.1 Å². The van der Waals surface area contributed by atoms with Crippen LogP contribution in [-0.2, 0) is 22.4 Å². The van der Waals surface area contributed by atoms with E-state index in [1.165, 1.54) is 41.9 Å². The molecule has 2 amide bonds. The van der Waals surface area contributed by atoms with E-state index in [-0.39, 0.29) is 25.0 Å². The lowest BCUT2D eigenvalue weighted by Crippen LogP contribution is -2.37. The molecule has 0 bridgehead atoms. The number of carbonyl (C=O) groups is 2. The summed E-state index contributed by atoms with van der Waals surface area (Å²) in [6.45, 7) is -0.230. The van der Waals surface area contributed by atoms with Crippen molar-refractivity contribution in [3.05, 3.63) is 46.2 Å². The average molecular weight is 460 g/mol. The molecule has 9 nitrogen and oxygen atoms in total. The molecule has 1 aliphatic carbocycles. The molecule has 0 aliphatic heterocycles. The summed E-state index contributed by atoms with van der Waals surface area (Å²) in [6.07, 6.45) is 6.53. The van der Waals surface area contributed by atoms with Crippen LogP contribution in [0, 0.1) is 17.2 Å². The van der Waals surface area contributed by atoms with Crippen LogP contribution in [0.5, 0.6) is 0 Å². The molecule has 3 N–H and O–H groups in total. The minimum Gasteiger partial charge on any atom is -0.472 e. The summed E-state index contributed by atoms with van der Waals surface area (Å²) in [5.41, 5.74) is 2.20. The summed E-state index contributed by atoms with van der Waals surface area (Å²) in [5, 5.41) is 31.2. The fraction of sp³-hybridized carbons (Fsp3) is 0.409. The number of nitrogens with zero attached hydrogens (tertiary/aromatic N) is 2. The number of aliphatic hydroxyl groups is 2. The van der Waals surface area contributed by atoms with E-state index in [0.29, 0.717) is 23.4 Å². The van der Waals surface area contributed by atoms with Gasteiger partial charge in [0, 0.05) is 23.6 Å². The van der Waals surface area contributed by atoms with E-state index < -0.39 is 18.8 Å². The molecule has 0 radical (unpaired) electrons. The van der Waals surface area contributed by atoms with Crippen LogP contribution in [0.4, 0.5) is 9.80 Å². The highest BCUT2D eigenvalue weighted by Gasteiger charge is 2.27. The molecular weight excluding hydrogens is 434 g/mol. The molecule has 0 fully saturated rings. The third-order valence-electron chi connectivity index (χ3n) is 5.14. The number of anilines is 1. The molecule has 2 aromatic heterocycles. The Balaban J connectivity index is 1.58. The standard InChI is InChI=1S/C22H25N3O6S/c1-25(10-16(27)11-26)22(29)31-13-15-2-4-17-18(9-23)21(32-19(17)8-15)24-20(28)5-3-14-6-7-30-12-14/h3,5-7,12,15-16,26-27H,2,4,8,10-11,13H2,1H3,(H,24,28)/b5-3+. The minimum atomic E-state index is -1.01. The minimum absolute atomic E-state index is 0.0152. The van der Waals surface area contributed by atoms with Gasteiger partial charge in [0.05, 0.1) is 44.0 Å². The van der Waals surface area contributed by atoms with Gasteiger partial charge in [0.25, 0.3) is 0 Å². The summed E-state index contributed by atoms with van der Waals surface area (Å²) in [7, 11) is 1.49. The van der Waals surface area contributed by atoms with E-state index in [4.69, 9.17) is 14.3 Å². The first-order valence-corrected chi connectivity index (χ1v) is 11.0. The predicted molar refractivity (Wildman–Crippen MR) is 118 cm³/mol. The van der Waals surface area contributed by atoms with Gasteiger partial charge in [-0.1, -0.05) is 0 Å². The van der Waals surface area contributed by atoms with Gasteiger partial charge >= 0.3 is 6.09 Å². The summed E-state index contributed by atoms with van der Waals surface area (Å²) in [4.78, 5) is 26.6. The van der Waals surface area contributed by atoms with E-state index >= 15 is 0 Å². The topological polar surface area (TPSA) is 136 Å². The van der Waals surface area contributed by atoms with Crippen molar-refractivity contribution >= 4 is 34.4 Å². The SMILES string of the molecule is CN(CC(O)CO)C(=O)OCC1CCc2c(sc(NC(=O)/C=C/c3ccoc3)c2C#N)C1. The number of likely N-dealkylation sites (N-methyl/N-ethyl adjacent to an activating group) is 1. The Kier molecular flexibility index (Phi) is 8.05. The van der Waals surface area contributed by atoms with Crippen molar-refractivity contribution in [3.8, 4) is 6.07 Å². The average Bonchev–Trinajstić information content (AvgIpc) is 3.42. The van der Waals surface area contributed by atoms with Crippen LogP contribution in [0.15, 0.2) is 29.1 Å². The Morgan fingerprint density at radius 1 is 1.53 bits per heavy atom. The molecule has 2 unspecified atom stereocenters. The Hall–Kier alpha value is -3.13. The van der Waals surface area contributed by atoms with Crippen molar-refractivity contribution in [2.24, 2.45) is 5.92 Å². The Morgan fingerprint density at radius 3 is 3.03 bits per heavy atom. The van der Waals surface area contributed by atoms with Gasteiger partial charge in [-0.3, -0.25) is 4.79 Å². The number of hydrogen-bond acceptors (Lipinski definition) is 8. The summed E-state index contributed by atoms with van der Waals surface area (Å²) < 4.78 is 10.3. The van der Waals surface area contributed by atoms with E-state index in [2.05, 4.69) is 11.4 Å². The molecule has 0 aromatic carbocycles. The van der Waals surface area contributed by atoms with Crippen LogP contribution in [-0.4, -0.2) is 60.0 Å². The zero-order valence-electron chi connectivity index (χ0n) is 17.6. The van der Waals surface area contributed by atoms with Gasteiger partial charge in [0.2, 0.25) is 5.91 Å². The highest BCUT2D eigenvalue weighted by Crippen LogP contribution is 2.39.